The van der Waals surface area contributed by atoms with E-state index in [1.165, 1.54) is 18.5 Å². The molecule has 0 aromatic carbocycles. The maximum absolute atomic E-state index is 12.6. The Labute approximate surface area is 219 Å². The van der Waals surface area contributed by atoms with Crippen molar-refractivity contribution in [2.45, 2.75) is 17.5 Å². The van der Waals surface area contributed by atoms with E-state index < -0.39 is 15.7 Å². The van der Waals surface area contributed by atoms with E-state index in [2.05, 4.69) is 20.2 Å². The van der Waals surface area contributed by atoms with Crippen molar-refractivity contribution in [1.29, 1.82) is 0 Å². The van der Waals surface area contributed by atoms with Gasteiger partial charge in [-0.1, -0.05) is 6.07 Å². The standard InChI is InChI=1S/C26H26N6O5S/c1-38(35,36)21-9-18(11-27-14-21)26(34)29-13-19-10-24-17(12-28-19)5-6-23(30-24)22-3-2-4-25(31-22)32-7-8-37-20(15-32)16-33/h2-6,9-12,14,20,33H,7-8,13,15-16H2,1H3,(H,29,34)/t20-/m1/s1. The SMILES string of the molecule is CS(=O)(=O)c1cncc(C(=O)NCc2cc3nc(-c4cccc(N5CCO[C@@H](CO)C5)n4)ccc3cn2)c1. The van der Waals surface area contributed by atoms with E-state index in [0.717, 1.165) is 17.5 Å². The first-order chi connectivity index (χ1) is 18.3. The van der Waals surface area contributed by atoms with Crippen LogP contribution in [0.25, 0.3) is 22.3 Å². The molecule has 12 heteroatoms. The monoisotopic (exact) mass is 534 g/mol. The smallest absolute Gasteiger partial charge is 0.253 e. The van der Waals surface area contributed by atoms with Gasteiger partial charge >= 0.3 is 0 Å². The molecule has 1 saturated heterocycles. The molecule has 1 aliphatic heterocycles. The number of ether oxygens (including phenoxy) is 1. The Morgan fingerprint density at radius 3 is 2.79 bits per heavy atom. The van der Waals surface area contributed by atoms with Gasteiger partial charge in [-0.05, 0) is 36.4 Å². The van der Waals surface area contributed by atoms with Crippen molar-refractivity contribution in [2.24, 2.45) is 0 Å². The van der Waals surface area contributed by atoms with Gasteiger partial charge in [-0.2, -0.15) is 0 Å². The Bertz CT molecular complexity index is 1600. The Morgan fingerprint density at radius 1 is 1.13 bits per heavy atom. The van der Waals surface area contributed by atoms with E-state index in [-0.39, 0.29) is 29.7 Å². The molecule has 0 saturated carbocycles. The second kappa shape index (κ2) is 10.8. The van der Waals surface area contributed by atoms with Crippen LogP contribution < -0.4 is 10.2 Å². The summed E-state index contributed by atoms with van der Waals surface area (Å²) in [5, 5.41) is 13.0. The second-order valence-electron chi connectivity index (χ2n) is 8.93. The molecule has 0 spiro atoms. The number of sulfone groups is 1. The normalized spacial score (nSPS) is 15.9. The summed E-state index contributed by atoms with van der Waals surface area (Å²) in [7, 11) is -3.48. The summed E-state index contributed by atoms with van der Waals surface area (Å²) in [6, 6.07) is 12.6. The minimum atomic E-state index is -3.48. The number of morpholine rings is 1. The van der Waals surface area contributed by atoms with Crippen LogP contribution in [0, 0.1) is 0 Å². The third-order valence-corrected chi connectivity index (χ3v) is 7.21. The highest BCUT2D eigenvalue weighted by molar-refractivity contribution is 7.90. The number of fused-ring (bicyclic) bond motifs is 1. The maximum atomic E-state index is 12.6. The fourth-order valence-electron chi connectivity index (χ4n) is 4.10. The number of pyridine rings is 4. The van der Waals surface area contributed by atoms with Gasteiger partial charge < -0.3 is 20.1 Å². The number of nitrogens with one attached hydrogen (secondary N) is 1. The van der Waals surface area contributed by atoms with Gasteiger partial charge in [-0.25, -0.2) is 18.4 Å². The molecule has 0 bridgehead atoms. The topological polar surface area (TPSA) is 148 Å². The highest BCUT2D eigenvalue weighted by Crippen LogP contribution is 2.23. The van der Waals surface area contributed by atoms with Crippen LogP contribution in [0.15, 0.2) is 66.0 Å². The molecule has 11 nitrogen and oxygen atoms in total. The maximum Gasteiger partial charge on any atom is 0.253 e. The molecule has 0 unspecified atom stereocenters. The lowest BCUT2D eigenvalue weighted by Gasteiger charge is -2.33. The lowest BCUT2D eigenvalue weighted by Crippen LogP contribution is -2.44. The van der Waals surface area contributed by atoms with Crippen LogP contribution in [0.1, 0.15) is 16.1 Å². The average Bonchev–Trinajstić information content (AvgIpc) is 2.95. The highest BCUT2D eigenvalue weighted by atomic mass is 32.2. The molecule has 38 heavy (non-hydrogen) atoms. The number of carbonyl (C=O) groups is 1. The minimum absolute atomic E-state index is 0.0229. The molecule has 2 N–H and O–H groups in total. The lowest BCUT2D eigenvalue weighted by atomic mass is 10.2. The number of aliphatic hydroxyl groups is 1. The van der Waals surface area contributed by atoms with Gasteiger partial charge in [0.15, 0.2) is 9.84 Å². The van der Waals surface area contributed by atoms with Crippen molar-refractivity contribution in [3.05, 3.63) is 72.3 Å². The number of amides is 1. The highest BCUT2D eigenvalue weighted by Gasteiger charge is 2.21. The number of rotatable bonds is 7. The predicted molar refractivity (Wildman–Crippen MR) is 140 cm³/mol. The molecule has 1 amide bonds. The zero-order valence-corrected chi connectivity index (χ0v) is 21.4. The first-order valence-electron chi connectivity index (χ1n) is 11.9. The third kappa shape index (κ3) is 5.77. The molecular formula is C26H26N6O5S. The van der Waals surface area contributed by atoms with Gasteiger partial charge in [-0.3, -0.25) is 14.8 Å². The van der Waals surface area contributed by atoms with E-state index in [1.807, 2.05) is 30.3 Å². The largest absolute Gasteiger partial charge is 0.394 e. The summed E-state index contributed by atoms with van der Waals surface area (Å²) in [5.41, 5.74) is 2.83. The molecule has 5 heterocycles. The Hall–Kier alpha value is -4.00. The Balaban J connectivity index is 1.33. The van der Waals surface area contributed by atoms with Crippen molar-refractivity contribution >= 4 is 32.5 Å². The second-order valence-corrected chi connectivity index (χ2v) is 10.9. The van der Waals surface area contributed by atoms with Crippen molar-refractivity contribution in [3.8, 4) is 11.4 Å². The molecule has 196 valence electrons. The van der Waals surface area contributed by atoms with Gasteiger partial charge in [0.1, 0.15) is 5.82 Å². The summed E-state index contributed by atoms with van der Waals surface area (Å²) < 4.78 is 29.1. The molecule has 1 atom stereocenters. The zero-order chi connectivity index (χ0) is 26.7. The van der Waals surface area contributed by atoms with E-state index in [9.17, 15) is 18.3 Å². The minimum Gasteiger partial charge on any atom is -0.394 e. The van der Waals surface area contributed by atoms with Crippen molar-refractivity contribution in [3.63, 3.8) is 0 Å². The number of anilines is 1. The quantitative estimate of drug-likeness (QED) is 0.358. The van der Waals surface area contributed by atoms with Gasteiger partial charge in [0.2, 0.25) is 0 Å². The Morgan fingerprint density at radius 2 is 1.97 bits per heavy atom. The van der Waals surface area contributed by atoms with Crippen molar-refractivity contribution in [2.75, 3.05) is 37.5 Å². The molecular weight excluding hydrogens is 508 g/mol. The van der Waals surface area contributed by atoms with E-state index >= 15 is 0 Å². The van der Waals surface area contributed by atoms with Gasteiger partial charge in [0, 0.05) is 43.3 Å². The van der Waals surface area contributed by atoms with E-state index in [0.29, 0.717) is 42.3 Å². The van der Waals surface area contributed by atoms with E-state index in [4.69, 9.17) is 14.7 Å². The van der Waals surface area contributed by atoms with Crippen LogP contribution in [0.2, 0.25) is 0 Å². The number of aromatic nitrogens is 4. The van der Waals surface area contributed by atoms with Gasteiger partial charge in [-0.15, -0.1) is 0 Å². The summed E-state index contributed by atoms with van der Waals surface area (Å²) in [4.78, 5) is 32.5. The van der Waals surface area contributed by atoms with Gasteiger partial charge in [0.25, 0.3) is 5.91 Å². The average molecular weight is 535 g/mol. The van der Waals surface area contributed by atoms with Crippen LogP contribution in [0.5, 0.6) is 0 Å². The van der Waals surface area contributed by atoms with Crippen molar-refractivity contribution < 1.29 is 23.1 Å². The molecule has 5 rings (SSSR count). The third-order valence-electron chi connectivity index (χ3n) is 6.13. The molecule has 4 aromatic heterocycles. The molecule has 0 aliphatic carbocycles. The van der Waals surface area contributed by atoms with Crippen LogP contribution in [0.4, 0.5) is 5.82 Å². The summed E-state index contributed by atoms with van der Waals surface area (Å²) in [6.45, 7) is 1.86. The first-order valence-corrected chi connectivity index (χ1v) is 13.8. The summed E-state index contributed by atoms with van der Waals surface area (Å²) in [6.07, 6.45) is 5.03. The fourth-order valence-corrected chi connectivity index (χ4v) is 4.69. The zero-order valence-electron chi connectivity index (χ0n) is 20.6. The van der Waals surface area contributed by atoms with Crippen molar-refractivity contribution in [1.82, 2.24) is 25.3 Å². The lowest BCUT2D eigenvalue weighted by molar-refractivity contribution is 0.00337. The summed E-state index contributed by atoms with van der Waals surface area (Å²) in [5.74, 6) is 0.331. The molecule has 1 fully saturated rings. The van der Waals surface area contributed by atoms with E-state index in [1.54, 1.807) is 12.3 Å². The molecule has 1 aliphatic rings. The molecule has 0 radical (unpaired) electrons. The van der Waals surface area contributed by atoms with Crippen LogP contribution >= 0.6 is 0 Å². The number of hydrogen-bond donors (Lipinski definition) is 2. The van der Waals surface area contributed by atoms with Crippen LogP contribution in [-0.4, -0.2) is 78.0 Å². The van der Waals surface area contributed by atoms with Gasteiger partial charge in [0.05, 0.1) is 58.9 Å². The number of aliphatic hydroxyl groups excluding tert-OH is 1. The number of carbonyl (C=O) groups excluding carboxylic acids is 1. The fraction of sp³-hybridized carbons (Fsp3) is 0.269. The Kier molecular flexibility index (Phi) is 7.27. The predicted octanol–water partition coefficient (Wildman–Crippen LogP) is 1.62. The molecule has 4 aromatic rings. The number of hydrogen-bond acceptors (Lipinski definition) is 10. The van der Waals surface area contributed by atoms with Crippen LogP contribution in [0.3, 0.4) is 0 Å². The number of nitrogens with zero attached hydrogens (tertiary/aromatic N) is 5. The summed E-state index contributed by atoms with van der Waals surface area (Å²) >= 11 is 0. The van der Waals surface area contributed by atoms with Crippen LogP contribution in [-0.2, 0) is 21.1 Å². The first kappa shape index (κ1) is 25.6.